The number of hydrogen-bond donors (Lipinski definition) is 0. The Morgan fingerprint density at radius 1 is 1.03 bits per heavy atom. The second-order valence-electron chi connectivity index (χ2n) is 9.45. The number of carbonyl (C=O) groups excluding carboxylic acids is 1. The third kappa shape index (κ3) is 4.42. The van der Waals surface area contributed by atoms with Gasteiger partial charge in [0.25, 0.3) is 5.91 Å². The molecule has 7 heteroatoms. The zero-order valence-electron chi connectivity index (χ0n) is 19.9. The smallest absolute Gasteiger partial charge is 0.257 e. The molecule has 0 N–H and O–H groups in total. The molecule has 0 unspecified atom stereocenters. The van der Waals surface area contributed by atoms with Crippen LogP contribution < -0.4 is 9.47 Å². The molecule has 1 saturated heterocycles. The first kappa shape index (κ1) is 22.2. The van der Waals surface area contributed by atoms with Gasteiger partial charge >= 0.3 is 0 Å². The fourth-order valence-electron chi connectivity index (χ4n) is 5.14. The number of nitrogens with zero attached hydrogens (tertiary/aromatic N) is 3. The Morgan fingerprint density at radius 2 is 1.83 bits per heavy atom. The van der Waals surface area contributed by atoms with E-state index >= 15 is 0 Å². The summed E-state index contributed by atoms with van der Waals surface area (Å²) in [5.74, 6) is 1.63. The lowest BCUT2D eigenvalue weighted by molar-refractivity contribution is 0.0571. The minimum atomic E-state index is 0.108. The molecule has 0 saturated carbocycles. The summed E-state index contributed by atoms with van der Waals surface area (Å²) < 4.78 is 14.4. The van der Waals surface area contributed by atoms with Gasteiger partial charge in [0.2, 0.25) is 6.79 Å². The SMILES string of the molecule is CN1CCC(N(Cc2ccc3c(c2)OCO3)C(=O)c2cn(Cc3ccccc3)c3ccsc23)CC1. The van der Waals surface area contributed by atoms with E-state index in [2.05, 4.69) is 63.3 Å². The largest absolute Gasteiger partial charge is 0.454 e. The van der Waals surface area contributed by atoms with Gasteiger partial charge in [-0.05, 0) is 67.7 Å². The minimum absolute atomic E-state index is 0.108. The van der Waals surface area contributed by atoms with E-state index < -0.39 is 0 Å². The van der Waals surface area contributed by atoms with Crippen LogP contribution in [-0.2, 0) is 13.1 Å². The zero-order chi connectivity index (χ0) is 23.8. The lowest BCUT2D eigenvalue weighted by Crippen LogP contribution is -2.46. The van der Waals surface area contributed by atoms with Gasteiger partial charge in [0.1, 0.15) is 0 Å². The fourth-order valence-corrected chi connectivity index (χ4v) is 6.05. The number of benzene rings is 2. The molecule has 0 bridgehead atoms. The molecular formula is C28H29N3O3S. The Balaban J connectivity index is 1.33. The first-order valence-electron chi connectivity index (χ1n) is 12.1. The van der Waals surface area contributed by atoms with E-state index in [9.17, 15) is 4.79 Å². The van der Waals surface area contributed by atoms with Crippen LogP contribution >= 0.6 is 11.3 Å². The lowest BCUT2D eigenvalue weighted by Gasteiger charge is -2.37. The van der Waals surface area contributed by atoms with Crippen molar-refractivity contribution in [2.24, 2.45) is 0 Å². The standard InChI is InChI=1S/C28H29N3O3S/c1-29-12-9-22(10-13-29)31(17-21-7-8-25-26(15-21)34-19-33-25)28(32)23-18-30(24-11-14-35-27(23)24)16-20-5-3-2-4-6-20/h2-8,11,14-15,18,22H,9-10,12-13,16-17,19H2,1H3. The van der Waals surface area contributed by atoms with E-state index in [0.29, 0.717) is 6.54 Å². The van der Waals surface area contributed by atoms with Gasteiger partial charge < -0.3 is 23.8 Å². The first-order valence-corrected chi connectivity index (χ1v) is 13.0. The Morgan fingerprint density at radius 3 is 2.66 bits per heavy atom. The molecular weight excluding hydrogens is 458 g/mol. The Labute approximate surface area is 209 Å². The van der Waals surface area contributed by atoms with Crippen LogP contribution in [0.3, 0.4) is 0 Å². The number of rotatable bonds is 6. The Kier molecular flexibility index (Phi) is 5.96. The number of aromatic nitrogens is 1. The summed E-state index contributed by atoms with van der Waals surface area (Å²) in [7, 11) is 2.15. The monoisotopic (exact) mass is 487 g/mol. The van der Waals surface area contributed by atoms with Crippen LogP contribution in [0.25, 0.3) is 10.2 Å². The average molecular weight is 488 g/mol. The van der Waals surface area contributed by atoms with E-state index in [0.717, 1.165) is 65.3 Å². The van der Waals surface area contributed by atoms with Crippen LogP contribution in [0, 0.1) is 0 Å². The van der Waals surface area contributed by atoms with Crippen LogP contribution in [0.4, 0.5) is 0 Å². The molecule has 2 aliphatic rings. The summed E-state index contributed by atoms with van der Waals surface area (Å²) in [6.07, 6.45) is 4.01. The number of carbonyl (C=O) groups is 1. The first-order chi connectivity index (χ1) is 17.2. The third-order valence-corrected chi connectivity index (χ3v) is 8.03. The summed E-state index contributed by atoms with van der Waals surface area (Å²) >= 11 is 1.65. The summed E-state index contributed by atoms with van der Waals surface area (Å²) in [6, 6.07) is 18.7. The van der Waals surface area contributed by atoms with E-state index in [1.807, 2.05) is 24.3 Å². The zero-order valence-corrected chi connectivity index (χ0v) is 20.7. The number of thiophene rings is 1. The van der Waals surface area contributed by atoms with E-state index in [1.54, 1.807) is 11.3 Å². The normalized spacial score (nSPS) is 16.1. The highest BCUT2D eigenvalue weighted by atomic mass is 32.1. The van der Waals surface area contributed by atoms with Crippen molar-refractivity contribution >= 4 is 27.5 Å². The van der Waals surface area contributed by atoms with Crippen LogP contribution in [0.2, 0.25) is 0 Å². The van der Waals surface area contributed by atoms with Gasteiger partial charge in [-0.2, -0.15) is 0 Å². The maximum Gasteiger partial charge on any atom is 0.257 e. The van der Waals surface area contributed by atoms with Gasteiger partial charge in [-0.25, -0.2) is 0 Å². The number of hydrogen-bond acceptors (Lipinski definition) is 5. The molecule has 0 spiro atoms. The molecule has 35 heavy (non-hydrogen) atoms. The molecule has 4 heterocycles. The molecule has 0 radical (unpaired) electrons. The van der Waals surface area contributed by atoms with Gasteiger partial charge in [-0.15, -0.1) is 11.3 Å². The molecule has 1 amide bonds. The van der Waals surface area contributed by atoms with Crippen molar-refractivity contribution in [3.63, 3.8) is 0 Å². The fraction of sp³-hybridized carbons (Fsp3) is 0.321. The number of piperidine rings is 1. The van der Waals surface area contributed by atoms with Crippen LogP contribution in [0.1, 0.15) is 34.3 Å². The third-order valence-electron chi connectivity index (χ3n) is 7.09. The molecule has 6 nitrogen and oxygen atoms in total. The Hall–Kier alpha value is -3.29. The number of ether oxygens (including phenoxy) is 2. The van der Waals surface area contributed by atoms with E-state index in [1.165, 1.54) is 5.56 Å². The number of likely N-dealkylation sites (tertiary alicyclic amines) is 1. The van der Waals surface area contributed by atoms with Crippen molar-refractivity contribution in [1.82, 2.24) is 14.4 Å². The average Bonchev–Trinajstić information content (AvgIpc) is 3.61. The maximum atomic E-state index is 14.2. The molecule has 2 aromatic heterocycles. The number of fused-ring (bicyclic) bond motifs is 2. The van der Waals surface area contributed by atoms with Gasteiger partial charge in [-0.1, -0.05) is 36.4 Å². The second kappa shape index (κ2) is 9.40. The van der Waals surface area contributed by atoms with Gasteiger partial charge in [0.05, 0.1) is 15.8 Å². The molecule has 180 valence electrons. The van der Waals surface area contributed by atoms with E-state index in [-0.39, 0.29) is 18.7 Å². The maximum absolute atomic E-state index is 14.2. The highest BCUT2D eigenvalue weighted by Gasteiger charge is 2.30. The minimum Gasteiger partial charge on any atom is -0.454 e. The Bertz CT molecular complexity index is 1340. The van der Waals surface area contributed by atoms with Crippen LogP contribution in [0.5, 0.6) is 11.5 Å². The topological polar surface area (TPSA) is 46.9 Å². The van der Waals surface area contributed by atoms with E-state index in [4.69, 9.17) is 9.47 Å². The van der Waals surface area contributed by atoms with Gasteiger partial charge in [0, 0.05) is 25.3 Å². The quantitative estimate of drug-likeness (QED) is 0.374. The molecule has 2 aliphatic heterocycles. The highest BCUT2D eigenvalue weighted by molar-refractivity contribution is 7.17. The predicted octanol–water partition coefficient (Wildman–Crippen LogP) is 5.22. The number of amides is 1. The highest BCUT2D eigenvalue weighted by Crippen LogP contribution is 2.34. The van der Waals surface area contributed by atoms with Crippen molar-refractivity contribution in [3.05, 3.63) is 82.9 Å². The van der Waals surface area contributed by atoms with Crippen molar-refractivity contribution in [1.29, 1.82) is 0 Å². The molecule has 6 rings (SSSR count). The summed E-state index contributed by atoms with van der Waals surface area (Å²) in [5.41, 5.74) is 4.20. The molecule has 2 aromatic carbocycles. The summed E-state index contributed by atoms with van der Waals surface area (Å²) in [4.78, 5) is 18.6. The predicted molar refractivity (Wildman–Crippen MR) is 138 cm³/mol. The van der Waals surface area contributed by atoms with Gasteiger partial charge in [-0.3, -0.25) is 4.79 Å². The van der Waals surface area contributed by atoms with Crippen molar-refractivity contribution in [2.75, 3.05) is 26.9 Å². The van der Waals surface area contributed by atoms with Crippen molar-refractivity contribution in [2.45, 2.75) is 32.0 Å². The molecule has 4 aromatic rings. The van der Waals surface area contributed by atoms with Crippen molar-refractivity contribution in [3.8, 4) is 11.5 Å². The second-order valence-corrected chi connectivity index (χ2v) is 10.4. The molecule has 0 aliphatic carbocycles. The summed E-state index contributed by atoms with van der Waals surface area (Å²) in [6.45, 7) is 3.55. The summed E-state index contributed by atoms with van der Waals surface area (Å²) in [5, 5.41) is 2.08. The lowest BCUT2D eigenvalue weighted by atomic mass is 10.0. The molecule has 0 atom stereocenters. The van der Waals surface area contributed by atoms with Gasteiger partial charge in [0.15, 0.2) is 11.5 Å². The van der Waals surface area contributed by atoms with Crippen LogP contribution in [0.15, 0.2) is 66.2 Å². The van der Waals surface area contributed by atoms with Crippen LogP contribution in [-0.4, -0.2) is 53.2 Å². The molecule has 1 fully saturated rings. The van der Waals surface area contributed by atoms with Crippen molar-refractivity contribution < 1.29 is 14.3 Å².